The van der Waals surface area contributed by atoms with Gasteiger partial charge in [-0.2, -0.15) is 0 Å². The summed E-state index contributed by atoms with van der Waals surface area (Å²) in [6.07, 6.45) is 2.18. The van der Waals surface area contributed by atoms with Crippen molar-refractivity contribution in [3.8, 4) is 0 Å². The molecule has 0 radical (unpaired) electrons. The Balaban J connectivity index is 1.48. The van der Waals surface area contributed by atoms with Gasteiger partial charge in [-0.1, -0.05) is 35.9 Å². The number of aliphatic imine (C=N–C) groups is 1. The number of nitrogens with one attached hydrogen (secondary N) is 2. The highest BCUT2D eigenvalue weighted by Gasteiger charge is 2.17. The van der Waals surface area contributed by atoms with Crippen LogP contribution in [0.5, 0.6) is 0 Å². The van der Waals surface area contributed by atoms with E-state index in [2.05, 4.69) is 75.8 Å². The van der Waals surface area contributed by atoms with Gasteiger partial charge in [0.15, 0.2) is 5.96 Å². The van der Waals surface area contributed by atoms with E-state index in [-0.39, 0.29) is 6.10 Å². The van der Waals surface area contributed by atoms with E-state index < -0.39 is 0 Å². The highest BCUT2D eigenvalue weighted by molar-refractivity contribution is 5.79. The number of guanidine groups is 1. The van der Waals surface area contributed by atoms with Crippen LogP contribution < -0.4 is 15.5 Å². The van der Waals surface area contributed by atoms with Gasteiger partial charge in [-0.25, -0.2) is 4.98 Å². The normalized spacial score (nSPS) is 17.7. The first-order valence-corrected chi connectivity index (χ1v) is 9.45. The van der Waals surface area contributed by atoms with Crippen LogP contribution in [0.1, 0.15) is 23.6 Å². The maximum atomic E-state index is 5.59. The zero-order chi connectivity index (χ0) is 19.1. The van der Waals surface area contributed by atoms with E-state index in [0.717, 1.165) is 43.6 Å². The van der Waals surface area contributed by atoms with Crippen molar-refractivity contribution in [2.45, 2.75) is 33.0 Å². The number of rotatable bonds is 5. The van der Waals surface area contributed by atoms with Gasteiger partial charge in [-0.05, 0) is 31.0 Å². The first-order chi connectivity index (χ1) is 13.1. The summed E-state index contributed by atoms with van der Waals surface area (Å²) >= 11 is 0. The molecule has 6 heteroatoms. The zero-order valence-corrected chi connectivity index (χ0v) is 16.4. The van der Waals surface area contributed by atoms with E-state index in [1.807, 2.05) is 6.20 Å². The molecule has 2 heterocycles. The van der Waals surface area contributed by atoms with Crippen LogP contribution in [-0.4, -0.2) is 43.8 Å². The number of nitrogens with zero attached hydrogens (tertiary/aromatic N) is 3. The Morgan fingerprint density at radius 2 is 1.85 bits per heavy atom. The molecule has 1 atom stereocenters. The maximum Gasteiger partial charge on any atom is 0.191 e. The molecule has 0 aliphatic carbocycles. The minimum absolute atomic E-state index is 0.254. The quantitative estimate of drug-likeness (QED) is 0.628. The second-order valence-corrected chi connectivity index (χ2v) is 6.92. The summed E-state index contributed by atoms with van der Waals surface area (Å²) in [5.41, 5.74) is 3.62. The zero-order valence-electron chi connectivity index (χ0n) is 16.4. The van der Waals surface area contributed by atoms with Gasteiger partial charge in [0.25, 0.3) is 0 Å². The molecule has 2 aromatic rings. The Morgan fingerprint density at radius 3 is 2.48 bits per heavy atom. The van der Waals surface area contributed by atoms with Gasteiger partial charge in [0.2, 0.25) is 0 Å². The SMILES string of the molecule is CN=C(NCc1ccc(C)cc1)NCc1ccc(N2CCOC(C)C2)nc1. The van der Waals surface area contributed by atoms with Crippen LogP contribution in [0.4, 0.5) is 5.82 Å². The van der Waals surface area contributed by atoms with Crippen molar-refractivity contribution < 1.29 is 4.74 Å². The van der Waals surface area contributed by atoms with Crippen LogP contribution in [0.2, 0.25) is 0 Å². The standard InChI is InChI=1S/C21H29N5O/c1-16-4-6-18(7-5-16)12-24-21(22-3)25-14-19-8-9-20(23-13-19)26-10-11-27-17(2)15-26/h4-9,13,17H,10-12,14-15H2,1-3H3,(H2,22,24,25). The largest absolute Gasteiger partial charge is 0.375 e. The molecule has 1 aliphatic rings. The Bertz CT molecular complexity index is 742. The molecule has 2 N–H and O–H groups in total. The Kier molecular flexibility index (Phi) is 6.65. The molecule has 0 bridgehead atoms. The molecule has 144 valence electrons. The maximum absolute atomic E-state index is 5.59. The molecule has 1 unspecified atom stereocenters. The molecule has 6 nitrogen and oxygen atoms in total. The number of benzene rings is 1. The van der Waals surface area contributed by atoms with Crippen LogP contribution in [0.15, 0.2) is 47.6 Å². The van der Waals surface area contributed by atoms with Crippen LogP contribution in [-0.2, 0) is 17.8 Å². The van der Waals surface area contributed by atoms with Crippen molar-refractivity contribution in [2.75, 3.05) is 31.6 Å². The third kappa shape index (κ3) is 5.69. The van der Waals surface area contributed by atoms with Gasteiger partial charge in [-0.3, -0.25) is 4.99 Å². The topological polar surface area (TPSA) is 61.8 Å². The minimum atomic E-state index is 0.254. The van der Waals surface area contributed by atoms with Crippen molar-refractivity contribution >= 4 is 11.8 Å². The Morgan fingerprint density at radius 1 is 1.15 bits per heavy atom. The Hall–Kier alpha value is -2.60. The van der Waals surface area contributed by atoms with Gasteiger partial charge in [0, 0.05) is 39.4 Å². The van der Waals surface area contributed by atoms with E-state index in [9.17, 15) is 0 Å². The van der Waals surface area contributed by atoms with Gasteiger partial charge < -0.3 is 20.3 Å². The summed E-state index contributed by atoms with van der Waals surface area (Å²) in [6.45, 7) is 8.16. The lowest BCUT2D eigenvalue weighted by atomic mass is 10.1. The second kappa shape index (κ2) is 9.37. The number of anilines is 1. The summed E-state index contributed by atoms with van der Waals surface area (Å²) in [4.78, 5) is 11.2. The summed E-state index contributed by atoms with van der Waals surface area (Å²) < 4.78 is 5.59. The van der Waals surface area contributed by atoms with Crippen molar-refractivity contribution in [3.63, 3.8) is 0 Å². The predicted molar refractivity (Wildman–Crippen MR) is 110 cm³/mol. The van der Waals surface area contributed by atoms with E-state index in [1.54, 1.807) is 7.05 Å². The highest BCUT2D eigenvalue weighted by atomic mass is 16.5. The molecule has 0 spiro atoms. The number of morpholine rings is 1. The molecule has 1 aliphatic heterocycles. The number of pyridine rings is 1. The third-order valence-corrected chi connectivity index (χ3v) is 4.64. The number of aromatic nitrogens is 1. The average Bonchev–Trinajstić information content (AvgIpc) is 2.70. The minimum Gasteiger partial charge on any atom is -0.375 e. The van der Waals surface area contributed by atoms with Crippen molar-refractivity contribution in [2.24, 2.45) is 4.99 Å². The van der Waals surface area contributed by atoms with Gasteiger partial charge >= 0.3 is 0 Å². The Labute approximate surface area is 161 Å². The first-order valence-electron chi connectivity index (χ1n) is 9.45. The summed E-state index contributed by atoms with van der Waals surface area (Å²) in [6, 6.07) is 12.7. The highest BCUT2D eigenvalue weighted by Crippen LogP contribution is 2.15. The van der Waals surface area contributed by atoms with Gasteiger partial charge in [0.1, 0.15) is 5.82 Å². The second-order valence-electron chi connectivity index (χ2n) is 6.92. The monoisotopic (exact) mass is 367 g/mol. The molecule has 1 aromatic carbocycles. The van der Waals surface area contributed by atoms with Crippen LogP contribution in [0.3, 0.4) is 0 Å². The summed E-state index contributed by atoms with van der Waals surface area (Å²) in [7, 11) is 1.78. The van der Waals surface area contributed by atoms with Crippen LogP contribution in [0, 0.1) is 6.92 Å². The molecule has 1 saturated heterocycles. The fraction of sp³-hybridized carbons (Fsp3) is 0.429. The fourth-order valence-electron chi connectivity index (χ4n) is 3.03. The summed E-state index contributed by atoms with van der Waals surface area (Å²) in [5, 5.41) is 6.68. The average molecular weight is 367 g/mol. The third-order valence-electron chi connectivity index (χ3n) is 4.64. The smallest absolute Gasteiger partial charge is 0.191 e. The molecule has 3 rings (SSSR count). The lowest BCUT2D eigenvalue weighted by molar-refractivity contribution is 0.0529. The van der Waals surface area contributed by atoms with Crippen molar-refractivity contribution in [1.29, 1.82) is 0 Å². The molecular formula is C21H29N5O. The fourth-order valence-corrected chi connectivity index (χ4v) is 3.03. The first kappa shape index (κ1) is 19.2. The predicted octanol–water partition coefficient (Wildman–Crippen LogP) is 2.48. The molecule has 1 fully saturated rings. The lowest BCUT2D eigenvalue weighted by Crippen LogP contribution is -2.41. The molecule has 0 saturated carbocycles. The van der Waals surface area contributed by atoms with Gasteiger partial charge in [-0.15, -0.1) is 0 Å². The molecule has 1 aromatic heterocycles. The van der Waals surface area contributed by atoms with E-state index in [4.69, 9.17) is 4.74 Å². The van der Waals surface area contributed by atoms with E-state index in [0.29, 0.717) is 6.54 Å². The van der Waals surface area contributed by atoms with E-state index in [1.165, 1.54) is 11.1 Å². The number of ether oxygens (including phenoxy) is 1. The molecule has 27 heavy (non-hydrogen) atoms. The number of hydrogen-bond acceptors (Lipinski definition) is 4. The molecular weight excluding hydrogens is 338 g/mol. The van der Waals surface area contributed by atoms with Crippen LogP contribution in [0.25, 0.3) is 0 Å². The lowest BCUT2D eigenvalue weighted by Gasteiger charge is -2.32. The van der Waals surface area contributed by atoms with Crippen LogP contribution >= 0.6 is 0 Å². The van der Waals surface area contributed by atoms with Crippen molar-refractivity contribution in [3.05, 3.63) is 59.3 Å². The molecule has 0 amide bonds. The number of hydrogen-bond donors (Lipinski definition) is 2. The number of aryl methyl sites for hydroxylation is 1. The van der Waals surface area contributed by atoms with Gasteiger partial charge in [0.05, 0.1) is 12.7 Å². The summed E-state index contributed by atoms with van der Waals surface area (Å²) in [5.74, 6) is 1.79. The van der Waals surface area contributed by atoms with E-state index >= 15 is 0 Å². The van der Waals surface area contributed by atoms with Crippen molar-refractivity contribution in [1.82, 2.24) is 15.6 Å².